The number of benzene rings is 1. The number of hydrogen-bond acceptors (Lipinski definition) is 4. The van der Waals surface area contributed by atoms with Crippen LogP contribution in [0.2, 0.25) is 5.02 Å². The lowest BCUT2D eigenvalue weighted by Gasteiger charge is -2.20. The van der Waals surface area contributed by atoms with Crippen LogP contribution in [0.5, 0.6) is 0 Å². The van der Waals surface area contributed by atoms with E-state index in [0.717, 1.165) is 24.4 Å². The third-order valence-corrected chi connectivity index (χ3v) is 4.60. The maximum absolute atomic E-state index is 13.1. The minimum absolute atomic E-state index is 0.0610. The number of carboxylic acid groups (broad SMARTS) is 1. The number of halogens is 5. The van der Waals surface area contributed by atoms with Crippen molar-refractivity contribution in [3.63, 3.8) is 0 Å². The van der Waals surface area contributed by atoms with Crippen LogP contribution in [0.25, 0.3) is 0 Å². The lowest BCUT2D eigenvalue weighted by Crippen LogP contribution is -2.32. The molecule has 160 valence electrons. The second-order valence-electron chi connectivity index (χ2n) is 6.18. The molecule has 2 atom stereocenters. The average molecular weight is 438 g/mol. The molecule has 0 aliphatic carbocycles. The number of alkyl halides is 3. The molecule has 2 N–H and O–H groups in total. The van der Waals surface area contributed by atoms with Gasteiger partial charge in [0.25, 0.3) is 0 Å². The minimum Gasteiger partial charge on any atom is -0.475 e. The second-order valence-corrected chi connectivity index (χ2v) is 6.58. The molecule has 2 heterocycles. The van der Waals surface area contributed by atoms with E-state index in [-0.39, 0.29) is 18.0 Å². The zero-order chi connectivity index (χ0) is 21.6. The number of imidazole rings is 1. The maximum atomic E-state index is 13.1. The fourth-order valence-electron chi connectivity index (χ4n) is 2.80. The fraction of sp³-hybridized carbons (Fsp3) is 0.444. The number of carboxylic acids is 1. The summed E-state index contributed by atoms with van der Waals surface area (Å²) in [7, 11) is 0. The average Bonchev–Trinajstić information content (AvgIpc) is 3.29. The molecular weight excluding hydrogens is 418 g/mol. The minimum atomic E-state index is -5.08. The standard InChI is InChI=1S/C16H19ClFN3O.C2HF3O2/c1-2-21-7-6-19-16(21)15-14(5-8-22-15)20-10-11-3-4-12(18)9-13(11)17;3-2(4,5)1(6)7/h3-4,6-7,9,14-15,20H,2,5,8,10H2,1H3;(H,6,7)/t14-,15-;/m0./s1. The van der Waals surface area contributed by atoms with E-state index in [1.807, 2.05) is 6.20 Å². The summed E-state index contributed by atoms with van der Waals surface area (Å²) < 4.78 is 52.8. The summed E-state index contributed by atoms with van der Waals surface area (Å²) >= 11 is 6.07. The van der Waals surface area contributed by atoms with E-state index in [9.17, 15) is 17.6 Å². The third kappa shape index (κ3) is 6.41. The van der Waals surface area contributed by atoms with E-state index in [2.05, 4.69) is 21.8 Å². The normalized spacial score (nSPS) is 19.0. The zero-order valence-electron chi connectivity index (χ0n) is 15.4. The zero-order valence-corrected chi connectivity index (χ0v) is 16.2. The SMILES string of the molecule is CCn1ccnc1[C@H]1OCC[C@@H]1NCc1ccc(F)cc1Cl.O=C(O)C(F)(F)F. The van der Waals surface area contributed by atoms with E-state index in [1.54, 1.807) is 12.3 Å². The number of nitrogens with zero attached hydrogens (tertiary/aromatic N) is 2. The summed E-state index contributed by atoms with van der Waals surface area (Å²) in [6, 6.07) is 4.65. The van der Waals surface area contributed by atoms with Crippen molar-refractivity contribution >= 4 is 17.6 Å². The van der Waals surface area contributed by atoms with Gasteiger partial charge in [-0.05, 0) is 31.0 Å². The number of aromatic nitrogens is 2. The molecular formula is C18H20ClF4N3O3. The first-order valence-electron chi connectivity index (χ1n) is 8.73. The Bertz CT molecular complexity index is 829. The molecule has 0 radical (unpaired) electrons. The predicted octanol–water partition coefficient (Wildman–Crippen LogP) is 3.95. The van der Waals surface area contributed by atoms with Gasteiger partial charge in [0.15, 0.2) is 0 Å². The quantitative estimate of drug-likeness (QED) is 0.693. The first kappa shape index (κ1) is 23.1. The molecule has 1 aliphatic heterocycles. The lowest BCUT2D eigenvalue weighted by molar-refractivity contribution is -0.192. The Morgan fingerprint density at radius 3 is 2.72 bits per heavy atom. The van der Waals surface area contributed by atoms with E-state index in [0.29, 0.717) is 18.2 Å². The summed E-state index contributed by atoms with van der Waals surface area (Å²) in [4.78, 5) is 13.3. The van der Waals surface area contributed by atoms with E-state index in [1.165, 1.54) is 12.1 Å². The Morgan fingerprint density at radius 2 is 2.14 bits per heavy atom. The molecule has 1 aliphatic rings. The van der Waals surface area contributed by atoms with Crippen LogP contribution in [0.4, 0.5) is 17.6 Å². The Morgan fingerprint density at radius 1 is 1.45 bits per heavy atom. The van der Waals surface area contributed by atoms with Crippen LogP contribution in [-0.4, -0.2) is 39.5 Å². The highest BCUT2D eigenvalue weighted by Gasteiger charge is 2.38. The van der Waals surface area contributed by atoms with Crippen molar-refractivity contribution < 1.29 is 32.2 Å². The lowest BCUT2D eigenvalue weighted by atomic mass is 10.1. The summed E-state index contributed by atoms with van der Waals surface area (Å²) in [5.74, 6) is -2.13. The van der Waals surface area contributed by atoms with Crippen molar-refractivity contribution in [1.29, 1.82) is 0 Å². The predicted molar refractivity (Wildman–Crippen MR) is 96.9 cm³/mol. The summed E-state index contributed by atoms with van der Waals surface area (Å²) in [6.07, 6.45) is -0.464. The van der Waals surface area contributed by atoms with Crippen LogP contribution < -0.4 is 5.32 Å². The van der Waals surface area contributed by atoms with Gasteiger partial charge < -0.3 is 19.7 Å². The van der Waals surface area contributed by atoms with Crippen molar-refractivity contribution in [2.75, 3.05) is 6.61 Å². The molecule has 1 saturated heterocycles. The Balaban J connectivity index is 0.000000370. The number of aliphatic carboxylic acids is 1. The molecule has 2 aromatic rings. The number of nitrogens with one attached hydrogen (secondary N) is 1. The molecule has 29 heavy (non-hydrogen) atoms. The van der Waals surface area contributed by atoms with Crippen molar-refractivity contribution in [2.45, 2.75) is 44.8 Å². The van der Waals surface area contributed by atoms with Gasteiger partial charge in [-0.25, -0.2) is 14.2 Å². The number of aryl methyl sites for hydroxylation is 1. The van der Waals surface area contributed by atoms with Crippen molar-refractivity contribution in [2.24, 2.45) is 0 Å². The van der Waals surface area contributed by atoms with Gasteiger partial charge in [-0.1, -0.05) is 17.7 Å². The van der Waals surface area contributed by atoms with Gasteiger partial charge in [0.2, 0.25) is 0 Å². The van der Waals surface area contributed by atoms with Gasteiger partial charge in [0.1, 0.15) is 17.7 Å². The fourth-order valence-corrected chi connectivity index (χ4v) is 3.04. The summed E-state index contributed by atoms with van der Waals surface area (Å²) in [6.45, 7) is 4.24. The molecule has 0 unspecified atom stereocenters. The summed E-state index contributed by atoms with van der Waals surface area (Å²) in [5, 5.41) is 11.0. The van der Waals surface area contributed by atoms with Gasteiger partial charge >= 0.3 is 12.1 Å². The van der Waals surface area contributed by atoms with Crippen LogP contribution in [0.3, 0.4) is 0 Å². The summed E-state index contributed by atoms with van der Waals surface area (Å²) in [5.41, 5.74) is 0.882. The van der Waals surface area contributed by atoms with Crippen LogP contribution >= 0.6 is 11.6 Å². The number of carbonyl (C=O) groups is 1. The molecule has 1 aromatic heterocycles. The van der Waals surface area contributed by atoms with Crippen LogP contribution in [0.15, 0.2) is 30.6 Å². The van der Waals surface area contributed by atoms with E-state index < -0.39 is 12.1 Å². The Labute approximate surface area is 169 Å². The molecule has 1 aromatic carbocycles. The van der Waals surface area contributed by atoms with Gasteiger partial charge in [-0.15, -0.1) is 0 Å². The van der Waals surface area contributed by atoms with Gasteiger partial charge in [-0.3, -0.25) is 0 Å². The van der Waals surface area contributed by atoms with Crippen LogP contribution in [0, 0.1) is 5.82 Å². The highest BCUT2D eigenvalue weighted by atomic mass is 35.5. The maximum Gasteiger partial charge on any atom is 0.490 e. The van der Waals surface area contributed by atoms with Gasteiger partial charge in [0.05, 0.1) is 0 Å². The Kier molecular flexibility index (Phi) is 8.00. The van der Waals surface area contributed by atoms with Crippen LogP contribution in [0.1, 0.15) is 30.8 Å². The number of ether oxygens (including phenoxy) is 1. The molecule has 0 saturated carbocycles. The molecule has 1 fully saturated rings. The smallest absolute Gasteiger partial charge is 0.475 e. The Hall–Kier alpha value is -2.17. The molecule has 6 nitrogen and oxygen atoms in total. The third-order valence-electron chi connectivity index (χ3n) is 4.25. The molecule has 0 bridgehead atoms. The highest BCUT2D eigenvalue weighted by Crippen LogP contribution is 2.29. The second kappa shape index (κ2) is 10.0. The molecule has 3 rings (SSSR count). The van der Waals surface area contributed by atoms with Crippen molar-refractivity contribution in [3.8, 4) is 0 Å². The van der Waals surface area contributed by atoms with Gasteiger partial charge in [-0.2, -0.15) is 13.2 Å². The van der Waals surface area contributed by atoms with Crippen molar-refractivity contribution in [3.05, 3.63) is 52.8 Å². The van der Waals surface area contributed by atoms with E-state index in [4.69, 9.17) is 26.2 Å². The van der Waals surface area contributed by atoms with E-state index >= 15 is 0 Å². The largest absolute Gasteiger partial charge is 0.490 e. The topological polar surface area (TPSA) is 76.4 Å². The highest BCUT2D eigenvalue weighted by molar-refractivity contribution is 6.31. The molecule has 0 spiro atoms. The van der Waals surface area contributed by atoms with Crippen molar-refractivity contribution in [1.82, 2.24) is 14.9 Å². The molecule has 0 amide bonds. The number of hydrogen-bond donors (Lipinski definition) is 2. The first-order chi connectivity index (χ1) is 13.6. The first-order valence-corrected chi connectivity index (χ1v) is 9.11. The van der Waals surface area contributed by atoms with Crippen LogP contribution in [-0.2, 0) is 22.6 Å². The monoisotopic (exact) mass is 437 g/mol. The number of rotatable bonds is 5. The molecule has 11 heteroatoms. The van der Waals surface area contributed by atoms with Gasteiger partial charge in [0, 0.05) is 43.2 Å².